The van der Waals surface area contributed by atoms with E-state index >= 15 is 0 Å². The molecular formula is C66H128O6. The van der Waals surface area contributed by atoms with Gasteiger partial charge in [-0.05, 0) is 37.0 Å². The molecule has 0 rings (SSSR count). The van der Waals surface area contributed by atoms with Crippen molar-refractivity contribution in [3.8, 4) is 0 Å². The van der Waals surface area contributed by atoms with Gasteiger partial charge in [-0.25, -0.2) is 0 Å². The van der Waals surface area contributed by atoms with E-state index in [4.69, 9.17) is 14.2 Å². The van der Waals surface area contributed by atoms with Gasteiger partial charge in [0.1, 0.15) is 13.2 Å². The van der Waals surface area contributed by atoms with E-state index in [1.54, 1.807) is 0 Å². The number of carbonyl (C=O) groups is 3. The average Bonchev–Trinajstić information content (AvgIpc) is 3.36. The van der Waals surface area contributed by atoms with Crippen LogP contribution in [0.3, 0.4) is 0 Å². The predicted octanol–water partition coefficient (Wildman–Crippen LogP) is 21.8. The Bertz CT molecular complexity index is 1120. The summed E-state index contributed by atoms with van der Waals surface area (Å²) in [5.74, 6) is 1.76. The van der Waals surface area contributed by atoms with Gasteiger partial charge in [0, 0.05) is 19.3 Å². The highest BCUT2D eigenvalue weighted by molar-refractivity contribution is 5.71. The molecule has 0 aromatic rings. The van der Waals surface area contributed by atoms with Gasteiger partial charge in [0.05, 0.1) is 0 Å². The van der Waals surface area contributed by atoms with Gasteiger partial charge in [0.15, 0.2) is 6.10 Å². The molecule has 72 heavy (non-hydrogen) atoms. The van der Waals surface area contributed by atoms with Gasteiger partial charge in [-0.1, -0.05) is 330 Å². The zero-order valence-electron chi connectivity index (χ0n) is 49.7. The summed E-state index contributed by atoms with van der Waals surface area (Å²) < 4.78 is 17.0. The van der Waals surface area contributed by atoms with Crippen molar-refractivity contribution in [1.82, 2.24) is 0 Å². The quantitative estimate of drug-likeness (QED) is 0.0343. The molecule has 0 aliphatic heterocycles. The number of esters is 3. The lowest BCUT2D eigenvalue weighted by molar-refractivity contribution is -0.167. The third-order valence-corrected chi connectivity index (χ3v) is 15.5. The first-order valence-electron chi connectivity index (χ1n) is 32.6. The summed E-state index contributed by atoms with van der Waals surface area (Å²) >= 11 is 0. The van der Waals surface area contributed by atoms with E-state index in [9.17, 15) is 14.4 Å². The fraction of sp³-hybridized carbons (Fsp3) is 0.955. The van der Waals surface area contributed by atoms with Gasteiger partial charge < -0.3 is 14.2 Å². The lowest BCUT2D eigenvalue weighted by Crippen LogP contribution is -2.30. The third kappa shape index (κ3) is 57.7. The van der Waals surface area contributed by atoms with E-state index in [2.05, 4.69) is 41.5 Å². The topological polar surface area (TPSA) is 78.9 Å². The zero-order valence-corrected chi connectivity index (χ0v) is 49.7. The van der Waals surface area contributed by atoms with Crippen LogP contribution >= 0.6 is 0 Å². The molecule has 0 N–H and O–H groups in total. The van der Waals surface area contributed by atoms with E-state index in [0.717, 1.165) is 75.5 Å². The number of hydrogen-bond donors (Lipinski definition) is 0. The lowest BCUT2D eigenvalue weighted by atomic mass is 9.99. The smallest absolute Gasteiger partial charge is 0.306 e. The molecule has 0 saturated heterocycles. The summed E-state index contributed by atoms with van der Waals surface area (Å²) in [6.45, 7) is 13.9. The SMILES string of the molecule is CCC(C)CCCCCCCCCCCCCCCCC(=O)O[C@H](COC(=O)CCCCCCCCCCCCCCCCCCC(C)C)COC(=O)CCCCCCCCCCCCCCCCC(C)C. The molecule has 0 aliphatic carbocycles. The Morgan fingerprint density at radius 2 is 0.486 bits per heavy atom. The van der Waals surface area contributed by atoms with Gasteiger partial charge in [0.2, 0.25) is 0 Å². The van der Waals surface area contributed by atoms with Crippen molar-refractivity contribution < 1.29 is 28.6 Å². The molecule has 0 radical (unpaired) electrons. The number of rotatable bonds is 59. The molecule has 0 spiro atoms. The van der Waals surface area contributed by atoms with Crippen LogP contribution in [0.4, 0.5) is 0 Å². The largest absolute Gasteiger partial charge is 0.462 e. The summed E-state index contributed by atoms with van der Waals surface area (Å²) in [4.78, 5) is 38.4. The van der Waals surface area contributed by atoms with Crippen LogP contribution in [0.5, 0.6) is 0 Å². The molecular weight excluding hydrogens is 889 g/mol. The highest BCUT2D eigenvalue weighted by atomic mass is 16.6. The predicted molar refractivity (Wildman–Crippen MR) is 312 cm³/mol. The van der Waals surface area contributed by atoms with E-state index < -0.39 is 6.10 Å². The van der Waals surface area contributed by atoms with Crippen LogP contribution in [0, 0.1) is 17.8 Å². The Morgan fingerprint density at radius 3 is 0.722 bits per heavy atom. The standard InChI is InChI=1S/C66H128O6/c1-7-62(6)54-48-42-36-30-24-18-13-15-21-27-33-39-45-51-57-66(69)72-63(59-71-65(68)56-50-44-38-32-26-20-14-12-17-23-29-35-41-47-53-61(4)5)58-70-64(67)55-49-43-37-31-25-19-11-9-8-10-16-22-28-34-40-46-52-60(2)3/h60-63H,7-59H2,1-6H3/t62?,63-/m1/s1. The van der Waals surface area contributed by atoms with Gasteiger partial charge in [-0.2, -0.15) is 0 Å². The molecule has 0 heterocycles. The first-order chi connectivity index (χ1) is 35.1. The number of ether oxygens (including phenoxy) is 3. The van der Waals surface area contributed by atoms with Crippen molar-refractivity contribution in [1.29, 1.82) is 0 Å². The van der Waals surface area contributed by atoms with Crippen LogP contribution in [-0.2, 0) is 28.6 Å². The molecule has 1 unspecified atom stereocenters. The first-order valence-corrected chi connectivity index (χ1v) is 32.6. The van der Waals surface area contributed by atoms with Crippen LogP contribution in [0.2, 0.25) is 0 Å². The van der Waals surface area contributed by atoms with E-state index in [0.29, 0.717) is 19.3 Å². The number of unbranched alkanes of at least 4 members (excludes halogenated alkanes) is 41. The Balaban J connectivity index is 4.30. The van der Waals surface area contributed by atoms with Gasteiger partial charge >= 0.3 is 17.9 Å². The molecule has 0 aromatic carbocycles. The second-order valence-corrected chi connectivity index (χ2v) is 24.0. The minimum atomic E-state index is -0.765. The second kappa shape index (κ2) is 57.1. The maximum absolute atomic E-state index is 12.9. The van der Waals surface area contributed by atoms with Crippen molar-refractivity contribution in [2.75, 3.05) is 13.2 Å². The van der Waals surface area contributed by atoms with E-state index in [1.165, 1.54) is 250 Å². The summed E-state index contributed by atoms with van der Waals surface area (Å²) in [6, 6.07) is 0. The van der Waals surface area contributed by atoms with E-state index in [-0.39, 0.29) is 31.1 Å². The summed E-state index contributed by atoms with van der Waals surface area (Å²) in [7, 11) is 0. The van der Waals surface area contributed by atoms with Gasteiger partial charge in [0.25, 0.3) is 0 Å². The average molecular weight is 1020 g/mol. The molecule has 0 fully saturated rings. The summed E-state index contributed by atoms with van der Waals surface area (Å²) in [6.07, 6.45) is 62.4. The Hall–Kier alpha value is -1.59. The summed E-state index contributed by atoms with van der Waals surface area (Å²) in [5.41, 5.74) is 0. The van der Waals surface area contributed by atoms with Crippen molar-refractivity contribution in [3.05, 3.63) is 0 Å². The maximum Gasteiger partial charge on any atom is 0.306 e. The third-order valence-electron chi connectivity index (χ3n) is 15.5. The highest BCUT2D eigenvalue weighted by Gasteiger charge is 2.19. The normalized spacial score (nSPS) is 12.5. The minimum Gasteiger partial charge on any atom is -0.462 e. The lowest BCUT2D eigenvalue weighted by Gasteiger charge is -2.18. The number of hydrogen-bond acceptors (Lipinski definition) is 6. The zero-order chi connectivity index (χ0) is 52.6. The second-order valence-electron chi connectivity index (χ2n) is 24.0. The molecule has 0 aromatic heterocycles. The number of carbonyl (C=O) groups excluding carboxylic acids is 3. The fourth-order valence-corrected chi connectivity index (χ4v) is 10.2. The fourth-order valence-electron chi connectivity index (χ4n) is 10.2. The Morgan fingerprint density at radius 1 is 0.278 bits per heavy atom. The highest BCUT2D eigenvalue weighted by Crippen LogP contribution is 2.20. The molecule has 0 bridgehead atoms. The first kappa shape index (κ1) is 70.4. The van der Waals surface area contributed by atoms with Crippen LogP contribution in [0.1, 0.15) is 369 Å². The molecule has 0 amide bonds. The van der Waals surface area contributed by atoms with Crippen LogP contribution in [-0.4, -0.2) is 37.2 Å². The summed E-state index contributed by atoms with van der Waals surface area (Å²) in [5, 5.41) is 0. The molecule has 6 nitrogen and oxygen atoms in total. The Labute approximate surface area is 450 Å². The van der Waals surface area contributed by atoms with Crippen molar-refractivity contribution in [2.45, 2.75) is 375 Å². The van der Waals surface area contributed by atoms with Crippen molar-refractivity contribution in [2.24, 2.45) is 17.8 Å². The van der Waals surface area contributed by atoms with Crippen LogP contribution in [0.15, 0.2) is 0 Å². The molecule has 2 atom stereocenters. The van der Waals surface area contributed by atoms with Gasteiger partial charge in [-0.3, -0.25) is 14.4 Å². The van der Waals surface area contributed by atoms with Crippen LogP contribution < -0.4 is 0 Å². The van der Waals surface area contributed by atoms with Crippen LogP contribution in [0.25, 0.3) is 0 Å². The maximum atomic E-state index is 12.9. The molecule has 0 saturated carbocycles. The van der Waals surface area contributed by atoms with Gasteiger partial charge in [-0.15, -0.1) is 0 Å². The molecule has 428 valence electrons. The minimum absolute atomic E-state index is 0.0624. The Kier molecular flexibility index (Phi) is 55.9. The van der Waals surface area contributed by atoms with Crippen molar-refractivity contribution in [3.63, 3.8) is 0 Å². The monoisotopic (exact) mass is 1020 g/mol. The molecule has 6 heteroatoms. The van der Waals surface area contributed by atoms with Crippen molar-refractivity contribution >= 4 is 17.9 Å². The van der Waals surface area contributed by atoms with E-state index in [1.807, 2.05) is 0 Å². The molecule has 0 aliphatic rings.